The number of carbonyl (C=O) groups is 1. The van der Waals surface area contributed by atoms with Gasteiger partial charge in [0.05, 0.1) is 17.2 Å². The Morgan fingerprint density at radius 3 is 3.00 bits per heavy atom. The number of carbonyl (C=O) groups excluding carboxylic acids is 1. The number of pyridine rings is 1. The Balaban J connectivity index is 1.46. The van der Waals surface area contributed by atoms with Gasteiger partial charge in [0, 0.05) is 37.8 Å². The number of amides is 2. The van der Waals surface area contributed by atoms with Crippen molar-refractivity contribution >= 4 is 17.1 Å². The lowest BCUT2D eigenvalue weighted by Gasteiger charge is -2.19. The van der Waals surface area contributed by atoms with Gasteiger partial charge in [-0.05, 0) is 44.0 Å². The monoisotopic (exact) mass is 381 g/mol. The summed E-state index contributed by atoms with van der Waals surface area (Å²) in [5.41, 5.74) is 2.72. The molecule has 7 heteroatoms. The second kappa shape index (κ2) is 7.58. The molecule has 0 aliphatic carbocycles. The summed E-state index contributed by atoms with van der Waals surface area (Å²) in [6, 6.07) is 8.35. The Bertz CT molecular complexity index is 999. The molecule has 1 unspecified atom stereocenters. The average molecular weight is 381 g/mol. The van der Waals surface area contributed by atoms with Gasteiger partial charge in [-0.1, -0.05) is 12.1 Å². The minimum Gasteiger partial charge on any atom is -0.334 e. The smallest absolute Gasteiger partial charge is 0.317 e. The SMILES string of the molecule is CC(C)n1c(C2CCN(C(=O)NCc3cccc(F)c3)C2)nc2ccncc21. The minimum absolute atomic E-state index is 0.124. The molecule has 1 aliphatic rings. The highest BCUT2D eigenvalue weighted by Gasteiger charge is 2.31. The Kier molecular flexibility index (Phi) is 4.98. The maximum absolute atomic E-state index is 13.3. The Labute approximate surface area is 163 Å². The van der Waals surface area contributed by atoms with Crippen molar-refractivity contribution in [1.82, 2.24) is 24.8 Å². The lowest BCUT2D eigenvalue weighted by molar-refractivity contribution is 0.207. The van der Waals surface area contributed by atoms with Crippen molar-refractivity contribution in [3.8, 4) is 0 Å². The van der Waals surface area contributed by atoms with Crippen molar-refractivity contribution < 1.29 is 9.18 Å². The van der Waals surface area contributed by atoms with E-state index in [9.17, 15) is 9.18 Å². The fraction of sp³-hybridized carbons (Fsp3) is 0.381. The van der Waals surface area contributed by atoms with Crippen LogP contribution in [0.5, 0.6) is 0 Å². The van der Waals surface area contributed by atoms with Gasteiger partial charge in [0.1, 0.15) is 11.6 Å². The van der Waals surface area contributed by atoms with E-state index in [1.54, 1.807) is 18.3 Å². The fourth-order valence-corrected chi connectivity index (χ4v) is 3.88. The molecular formula is C21H24FN5O. The van der Waals surface area contributed by atoms with Gasteiger partial charge in [0.15, 0.2) is 0 Å². The van der Waals surface area contributed by atoms with Gasteiger partial charge < -0.3 is 14.8 Å². The third-order valence-electron chi connectivity index (χ3n) is 5.21. The lowest BCUT2D eigenvalue weighted by atomic mass is 10.1. The Morgan fingerprint density at radius 1 is 1.36 bits per heavy atom. The number of nitrogens with one attached hydrogen (secondary N) is 1. The molecule has 28 heavy (non-hydrogen) atoms. The van der Waals surface area contributed by atoms with Crippen LogP contribution in [0.4, 0.5) is 9.18 Å². The molecule has 3 aromatic rings. The maximum atomic E-state index is 13.3. The molecule has 1 aliphatic heterocycles. The number of rotatable bonds is 4. The number of likely N-dealkylation sites (tertiary alicyclic amines) is 1. The first-order valence-corrected chi connectivity index (χ1v) is 9.62. The largest absolute Gasteiger partial charge is 0.334 e. The second-order valence-electron chi connectivity index (χ2n) is 7.52. The van der Waals surface area contributed by atoms with E-state index in [-0.39, 0.29) is 23.8 Å². The highest BCUT2D eigenvalue weighted by atomic mass is 19.1. The molecule has 2 aromatic heterocycles. The van der Waals surface area contributed by atoms with E-state index in [1.165, 1.54) is 12.1 Å². The Hall–Kier alpha value is -2.96. The van der Waals surface area contributed by atoms with E-state index >= 15 is 0 Å². The van der Waals surface area contributed by atoms with Crippen LogP contribution in [0.2, 0.25) is 0 Å². The zero-order valence-electron chi connectivity index (χ0n) is 16.1. The second-order valence-corrected chi connectivity index (χ2v) is 7.52. The molecule has 2 amide bonds. The van der Waals surface area contributed by atoms with E-state index in [4.69, 9.17) is 4.98 Å². The highest BCUT2D eigenvalue weighted by Crippen LogP contribution is 2.31. The number of aromatic nitrogens is 3. The van der Waals surface area contributed by atoms with Gasteiger partial charge >= 0.3 is 6.03 Å². The first-order chi connectivity index (χ1) is 13.5. The zero-order chi connectivity index (χ0) is 19.7. The van der Waals surface area contributed by atoms with Crippen molar-refractivity contribution in [3.63, 3.8) is 0 Å². The minimum atomic E-state index is -0.296. The van der Waals surface area contributed by atoms with Crippen LogP contribution in [0, 0.1) is 5.82 Å². The summed E-state index contributed by atoms with van der Waals surface area (Å²) < 4.78 is 15.5. The maximum Gasteiger partial charge on any atom is 0.317 e. The molecule has 6 nitrogen and oxygen atoms in total. The average Bonchev–Trinajstić information content (AvgIpc) is 3.30. The number of urea groups is 1. The van der Waals surface area contributed by atoms with Crippen LogP contribution in [-0.2, 0) is 6.54 Å². The van der Waals surface area contributed by atoms with Crippen LogP contribution in [0.15, 0.2) is 42.7 Å². The summed E-state index contributed by atoms with van der Waals surface area (Å²) in [6.07, 6.45) is 4.48. The van der Waals surface area contributed by atoms with Gasteiger partial charge in [-0.25, -0.2) is 14.2 Å². The highest BCUT2D eigenvalue weighted by molar-refractivity contribution is 5.76. The summed E-state index contributed by atoms with van der Waals surface area (Å²) in [5, 5.41) is 2.89. The van der Waals surface area contributed by atoms with Crippen molar-refractivity contribution in [3.05, 3.63) is 59.9 Å². The molecule has 1 fully saturated rings. The first-order valence-electron chi connectivity index (χ1n) is 9.62. The normalized spacial score (nSPS) is 16.9. The van der Waals surface area contributed by atoms with E-state index < -0.39 is 0 Å². The molecule has 0 spiro atoms. The summed E-state index contributed by atoms with van der Waals surface area (Å²) in [6.45, 7) is 5.89. The van der Waals surface area contributed by atoms with E-state index in [2.05, 4.69) is 28.7 Å². The molecule has 1 saturated heterocycles. The summed E-state index contributed by atoms with van der Waals surface area (Å²) in [7, 11) is 0. The van der Waals surface area contributed by atoms with E-state index in [1.807, 2.05) is 17.2 Å². The summed E-state index contributed by atoms with van der Waals surface area (Å²) >= 11 is 0. The van der Waals surface area contributed by atoms with E-state index in [0.717, 1.165) is 28.8 Å². The molecule has 0 saturated carbocycles. The van der Waals surface area contributed by atoms with Crippen LogP contribution >= 0.6 is 0 Å². The molecular weight excluding hydrogens is 357 g/mol. The number of hydrogen-bond donors (Lipinski definition) is 1. The van der Waals surface area contributed by atoms with Crippen molar-refractivity contribution in [2.75, 3.05) is 13.1 Å². The predicted octanol–water partition coefficient (Wildman–Crippen LogP) is 3.85. The molecule has 4 rings (SSSR count). The van der Waals surface area contributed by atoms with Gasteiger partial charge in [0.25, 0.3) is 0 Å². The number of imidazole rings is 1. The summed E-state index contributed by atoms with van der Waals surface area (Å²) in [4.78, 5) is 23.4. The quantitative estimate of drug-likeness (QED) is 0.747. The lowest BCUT2D eigenvalue weighted by Crippen LogP contribution is -2.38. The van der Waals surface area contributed by atoms with Gasteiger partial charge in [-0.3, -0.25) is 4.98 Å². The van der Waals surface area contributed by atoms with Gasteiger partial charge in [-0.15, -0.1) is 0 Å². The standard InChI is InChI=1S/C21H24FN5O/c1-14(2)27-19-12-23-8-6-18(19)25-20(27)16-7-9-26(13-16)21(28)24-11-15-4-3-5-17(22)10-15/h3-6,8,10,12,14,16H,7,9,11,13H2,1-2H3,(H,24,28). The number of halogens is 1. The molecule has 3 heterocycles. The van der Waals surface area contributed by atoms with Gasteiger partial charge in [-0.2, -0.15) is 0 Å². The van der Waals surface area contributed by atoms with Crippen LogP contribution < -0.4 is 5.32 Å². The molecule has 0 radical (unpaired) electrons. The predicted molar refractivity (Wildman–Crippen MR) is 105 cm³/mol. The van der Waals surface area contributed by atoms with E-state index in [0.29, 0.717) is 19.6 Å². The molecule has 1 aromatic carbocycles. The van der Waals surface area contributed by atoms with Crippen LogP contribution in [0.25, 0.3) is 11.0 Å². The van der Waals surface area contributed by atoms with Crippen LogP contribution in [-0.4, -0.2) is 38.6 Å². The Morgan fingerprint density at radius 2 is 2.21 bits per heavy atom. The number of fused-ring (bicyclic) bond motifs is 1. The van der Waals surface area contributed by atoms with Gasteiger partial charge in [0.2, 0.25) is 0 Å². The van der Waals surface area contributed by atoms with Crippen LogP contribution in [0.3, 0.4) is 0 Å². The zero-order valence-corrected chi connectivity index (χ0v) is 16.1. The summed E-state index contributed by atoms with van der Waals surface area (Å²) in [5.74, 6) is 0.906. The topological polar surface area (TPSA) is 63.1 Å². The number of benzene rings is 1. The number of hydrogen-bond acceptors (Lipinski definition) is 3. The molecule has 146 valence electrons. The van der Waals surface area contributed by atoms with Crippen molar-refractivity contribution in [2.24, 2.45) is 0 Å². The third kappa shape index (κ3) is 3.56. The number of nitrogens with zero attached hydrogens (tertiary/aromatic N) is 4. The third-order valence-corrected chi connectivity index (χ3v) is 5.21. The van der Waals surface area contributed by atoms with Crippen molar-refractivity contribution in [1.29, 1.82) is 0 Å². The fourth-order valence-electron chi connectivity index (χ4n) is 3.88. The molecule has 0 bridgehead atoms. The first kappa shape index (κ1) is 18.4. The molecule has 1 N–H and O–H groups in total. The molecule has 1 atom stereocenters. The van der Waals surface area contributed by atoms with Crippen molar-refractivity contribution in [2.45, 2.75) is 38.8 Å². The van der Waals surface area contributed by atoms with Crippen LogP contribution in [0.1, 0.15) is 43.6 Å².